The van der Waals surface area contributed by atoms with E-state index in [1.54, 1.807) is 0 Å². The largest absolute Gasteiger partial charge is 0.0622 e. The van der Waals surface area contributed by atoms with Gasteiger partial charge in [0, 0.05) is 0 Å². The van der Waals surface area contributed by atoms with Crippen molar-refractivity contribution in [3.8, 4) is 33.4 Å². The molecule has 5 aromatic carbocycles. The van der Waals surface area contributed by atoms with Crippen LogP contribution in [0.5, 0.6) is 0 Å². The normalized spacial score (nSPS) is 11.2. The molecule has 0 fully saturated rings. The van der Waals surface area contributed by atoms with Crippen molar-refractivity contribution in [1.82, 2.24) is 0 Å². The van der Waals surface area contributed by atoms with Crippen LogP contribution in [0.2, 0.25) is 0 Å². The molecule has 0 heteroatoms. The Labute approximate surface area is 184 Å². The lowest BCUT2D eigenvalue weighted by Crippen LogP contribution is -2.02. The lowest BCUT2D eigenvalue weighted by atomic mass is 9.78. The second kappa shape index (κ2) is 8.24. The van der Waals surface area contributed by atoms with Crippen LogP contribution in [0.3, 0.4) is 0 Å². The Bertz CT molecular complexity index is 1310. The van der Waals surface area contributed by atoms with Gasteiger partial charge in [0.2, 0.25) is 0 Å². The van der Waals surface area contributed by atoms with E-state index < -0.39 is 0 Å². The maximum atomic E-state index is 2.32. The summed E-state index contributed by atoms with van der Waals surface area (Å²) in [6, 6.07) is 41.5. The molecule has 0 saturated heterocycles. The van der Waals surface area contributed by atoms with Gasteiger partial charge in [0.1, 0.15) is 0 Å². The van der Waals surface area contributed by atoms with E-state index in [1.165, 1.54) is 49.7 Å². The van der Waals surface area contributed by atoms with Gasteiger partial charge in [-0.25, -0.2) is 0 Å². The van der Waals surface area contributed by atoms with Crippen molar-refractivity contribution >= 4 is 10.8 Å². The molecular formula is C31H26. The smallest absolute Gasteiger partial charge is 0.00235 e. The Hall–Kier alpha value is -3.64. The Morgan fingerprint density at radius 3 is 1.19 bits per heavy atom. The van der Waals surface area contributed by atoms with E-state index in [-0.39, 0.29) is 0 Å². The first-order valence-corrected chi connectivity index (χ1v) is 11.0. The highest BCUT2D eigenvalue weighted by atomic mass is 14.3. The van der Waals surface area contributed by atoms with Crippen LogP contribution in [0.1, 0.15) is 25.3 Å². The van der Waals surface area contributed by atoms with Gasteiger partial charge in [-0.2, -0.15) is 0 Å². The van der Waals surface area contributed by atoms with Gasteiger partial charge in [-0.1, -0.05) is 129 Å². The minimum absolute atomic E-state index is 0.373. The third-order valence-corrected chi connectivity index (χ3v) is 6.02. The summed E-state index contributed by atoms with van der Waals surface area (Å²) in [5.74, 6) is 0.373. The fourth-order valence-corrected chi connectivity index (χ4v) is 4.76. The minimum atomic E-state index is 0.373. The Kier molecular flexibility index (Phi) is 5.14. The fourth-order valence-electron chi connectivity index (χ4n) is 4.76. The quantitative estimate of drug-likeness (QED) is 0.283. The maximum Gasteiger partial charge on any atom is -0.00235 e. The number of fused-ring (bicyclic) bond motifs is 1. The minimum Gasteiger partial charge on any atom is -0.0622 e. The van der Waals surface area contributed by atoms with Crippen LogP contribution in [-0.2, 0) is 0 Å². The van der Waals surface area contributed by atoms with Crippen LogP contribution in [0.4, 0.5) is 0 Å². The molecule has 5 aromatic rings. The van der Waals surface area contributed by atoms with E-state index in [0.29, 0.717) is 5.92 Å². The predicted molar refractivity (Wildman–Crippen MR) is 134 cm³/mol. The average molecular weight is 399 g/mol. The van der Waals surface area contributed by atoms with Gasteiger partial charge in [0.25, 0.3) is 0 Å². The summed E-state index contributed by atoms with van der Waals surface area (Å²) in [6.45, 7) is 4.63. The summed E-state index contributed by atoms with van der Waals surface area (Å²) in [4.78, 5) is 0. The third kappa shape index (κ3) is 3.45. The zero-order valence-electron chi connectivity index (χ0n) is 18.0. The standard InChI is InChI=1S/C31H26/c1-22(2)28-29(23-14-6-3-7-15-23)26-20-12-13-21-27(26)30(24-16-8-4-9-17-24)31(28)25-18-10-5-11-19-25/h3-22H,1-2H3. The van der Waals surface area contributed by atoms with Crippen LogP contribution < -0.4 is 0 Å². The SMILES string of the molecule is CC(C)c1c(-c2ccccc2)c(-c2ccccc2)c2ccccc2c1-c1ccccc1. The van der Waals surface area contributed by atoms with Crippen LogP contribution in [-0.4, -0.2) is 0 Å². The second-order valence-corrected chi connectivity index (χ2v) is 8.34. The van der Waals surface area contributed by atoms with Gasteiger partial charge < -0.3 is 0 Å². The van der Waals surface area contributed by atoms with E-state index in [4.69, 9.17) is 0 Å². The molecule has 0 nitrogen and oxygen atoms in total. The highest BCUT2D eigenvalue weighted by Crippen LogP contribution is 2.48. The monoisotopic (exact) mass is 398 g/mol. The maximum absolute atomic E-state index is 2.32. The Morgan fingerprint density at radius 2 is 0.742 bits per heavy atom. The van der Waals surface area contributed by atoms with Gasteiger partial charge >= 0.3 is 0 Å². The zero-order chi connectivity index (χ0) is 21.2. The van der Waals surface area contributed by atoms with Crippen molar-refractivity contribution in [2.75, 3.05) is 0 Å². The number of benzene rings is 5. The topological polar surface area (TPSA) is 0 Å². The fraction of sp³-hybridized carbons (Fsp3) is 0.0968. The predicted octanol–water partition coefficient (Wildman–Crippen LogP) is 8.96. The molecule has 150 valence electrons. The molecule has 0 aliphatic rings. The zero-order valence-corrected chi connectivity index (χ0v) is 18.0. The molecular weight excluding hydrogens is 372 g/mol. The van der Waals surface area contributed by atoms with Gasteiger partial charge in [-0.15, -0.1) is 0 Å². The van der Waals surface area contributed by atoms with Gasteiger partial charge in [0.15, 0.2) is 0 Å². The van der Waals surface area contributed by atoms with Gasteiger partial charge in [-0.05, 0) is 55.6 Å². The number of rotatable bonds is 4. The molecule has 0 atom stereocenters. The Balaban J connectivity index is 2.04. The molecule has 0 aliphatic carbocycles. The average Bonchev–Trinajstić information content (AvgIpc) is 2.84. The number of hydrogen-bond acceptors (Lipinski definition) is 0. The molecule has 0 heterocycles. The third-order valence-electron chi connectivity index (χ3n) is 6.02. The summed E-state index contributed by atoms with van der Waals surface area (Å²) in [5, 5.41) is 2.62. The molecule has 0 bridgehead atoms. The molecule has 0 aromatic heterocycles. The van der Waals surface area contributed by atoms with E-state index >= 15 is 0 Å². The molecule has 0 aliphatic heterocycles. The molecule has 5 rings (SSSR count). The van der Waals surface area contributed by atoms with Crippen molar-refractivity contribution in [1.29, 1.82) is 0 Å². The summed E-state index contributed by atoms with van der Waals surface area (Å²) in [6.07, 6.45) is 0. The summed E-state index contributed by atoms with van der Waals surface area (Å²) in [5.41, 5.74) is 9.25. The summed E-state index contributed by atoms with van der Waals surface area (Å²) in [7, 11) is 0. The first-order valence-electron chi connectivity index (χ1n) is 11.0. The van der Waals surface area contributed by atoms with E-state index in [1.807, 2.05) is 0 Å². The van der Waals surface area contributed by atoms with Gasteiger partial charge in [0.05, 0.1) is 0 Å². The van der Waals surface area contributed by atoms with E-state index in [0.717, 1.165) is 0 Å². The summed E-state index contributed by atoms with van der Waals surface area (Å²) >= 11 is 0. The molecule has 0 spiro atoms. The first-order chi connectivity index (χ1) is 15.3. The molecule has 0 N–H and O–H groups in total. The van der Waals surface area contributed by atoms with Crippen molar-refractivity contribution in [3.63, 3.8) is 0 Å². The van der Waals surface area contributed by atoms with Gasteiger partial charge in [-0.3, -0.25) is 0 Å². The summed E-state index contributed by atoms with van der Waals surface area (Å²) < 4.78 is 0. The van der Waals surface area contributed by atoms with E-state index in [2.05, 4.69) is 129 Å². The second-order valence-electron chi connectivity index (χ2n) is 8.34. The van der Waals surface area contributed by atoms with Crippen LogP contribution in [0, 0.1) is 0 Å². The molecule has 0 amide bonds. The van der Waals surface area contributed by atoms with Crippen molar-refractivity contribution in [3.05, 3.63) is 121 Å². The molecule has 0 unspecified atom stereocenters. The van der Waals surface area contributed by atoms with Crippen molar-refractivity contribution in [2.24, 2.45) is 0 Å². The Morgan fingerprint density at radius 1 is 0.387 bits per heavy atom. The lowest BCUT2D eigenvalue weighted by Gasteiger charge is -2.25. The van der Waals surface area contributed by atoms with Crippen molar-refractivity contribution in [2.45, 2.75) is 19.8 Å². The van der Waals surface area contributed by atoms with Crippen LogP contribution in [0.25, 0.3) is 44.2 Å². The van der Waals surface area contributed by atoms with Crippen molar-refractivity contribution < 1.29 is 0 Å². The first kappa shape index (κ1) is 19.3. The van der Waals surface area contributed by atoms with Crippen LogP contribution >= 0.6 is 0 Å². The van der Waals surface area contributed by atoms with E-state index in [9.17, 15) is 0 Å². The highest BCUT2D eigenvalue weighted by Gasteiger charge is 2.23. The lowest BCUT2D eigenvalue weighted by molar-refractivity contribution is 0.873. The molecule has 0 saturated carbocycles. The highest BCUT2D eigenvalue weighted by molar-refractivity contribution is 6.12. The molecule has 0 radical (unpaired) electrons. The number of hydrogen-bond donors (Lipinski definition) is 0. The molecule has 31 heavy (non-hydrogen) atoms. The van der Waals surface area contributed by atoms with Crippen LogP contribution in [0.15, 0.2) is 115 Å².